The Hall–Kier alpha value is -1.20. The third-order valence-electron chi connectivity index (χ3n) is 2.60. The number of unbranched alkanes of at least 4 members (excludes halogenated alkanes) is 1. The van der Waals surface area contributed by atoms with Crippen molar-refractivity contribution in [1.29, 1.82) is 0 Å². The normalized spacial score (nSPS) is 11.2. The van der Waals surface area contributed by atoms with Gasteiger partial charge < -0.3 is 15.2 Å². The third kappa shape index (κ3) is 5.98. The summed E-state index contributed by atoms with van der Waals surface area (Å²) in [5, 5.41) is 12.1. The molecule has 5 heteroatoms. The number of aromatic hydroxyl groups is 1. The van der Waals surface area contributed by atoms with Crippen LogP contribution in [0.3, 0.4) is 0 Å². The zero-order chi connectivity index (χ0) is 14.3. The maximum Gasteiger partial charge on any atom is 0.187 e. The van der Waals surface area contributed by atoms with Gasteiger partial charge in [0.05, 0.1) is 6.10 Å². The van der Waals surface area contributed by atoms with Crippen LogP contribution in [0.1, 0.15) is 32.3 Å². The van der Waals surface area contributed by atoms with Crippen LogP contribution in [0.15, 0.2) is 12.1 Å². The van der Waals surface area contributed by atoms with Crippen molar-refractivity contribution in [2.45, 2.75) is 39.3 Å². The SMILES string of the molecule is CC(C)OCCCCNCc1cc(F)c(O)c(F)c1. The molecule has 0 aliphatic heterocycles. The van der Waals surface area contributed by atoms with Crippen molar-refractivity contribution in [2.24, 2.45) is 0 Å². The Bertz CT molecular complexity index is 374. The third-order valence-corrected chi connectivity index (χ3v) is 2.60. The van der Waals surface area contributed by atoms with E-state index in [1.807, 2.05) is 13.8 Å². The maximum atomic E-state index is 13.1. The number of halogens is 2. The molecule has 0 aliphatic carbocycles. The Morgan fingerprint density at radius 2 is 1.84 bits per heavy atom. The number of phenolic OH excluding ortho intramolecular Hbond substituents is 1. The molecule has 0 aliphatic rings. The summed E-state index contributed by atoms with van der Waals surface area (Å²) in [5.74, 6) is -2.78. The smallest absolute Gasteiger partial charge is 0.187 e. The molecule has 1 aromatic rings. The summed E-state index contributed by atoms with van der Waals surface area (Å²) < 4.78 is 31.5. The summed E-state index contributed by atoms with van der Waals surface area (Å²) in [6.45, 7) is 5.84. The standard InChI is InChI=1S/C14H21F2NO2/c1-10(2)19-6-4-3-5-17-9-11-7-12(15)14(18)13(16)8-11/h7-8,10,17-18H,3-6,9H2,1-2H3. The van der Waals surface area contributed by atoms with Crippen molar-refractivity contribution < 1.29 is 18.6 Å². The lowest BCUT2D eigenvalue weighted by Gasteiger charge is -2.08. The molecule has 0 aromatic heterocycles. The topological polar surface area (TPSA) is 41.5 Å². The van der Waals surface area contributed by atoms with Crippen LogP contribution in [-0.2, 0) is 11.3 Å². The molecule has 108 valence electrons. The number of rotatable bonds is 8. The first-order valence-corrected chi connectivity index (χ1v) is 6.50. The predicted octanol–water partition coefficient (Wildman–Crippen LogP) is 2.97. The number of phenols is 1. The van der Waals surface area contributed by atoms with Crippen molar-refractivity contribution in [3.63, 3.8) is 0 Å². The molecule has 19 heavy (non-hydrogen) atoms. The van der Waals surface area contributed by atoms with Crippen molar-refractivity contribution in [3.05, 3.63) is 29.3 Å². The van der Waals surface area contributed by atoms with E-state index in [9.17, 15) is 8.78 Å². The summed E-state index contributed by atoms with van der Waals surface area (Å²) in [6, 6.07) is 2.26. The number of hydrogen-bond acceptors (Lipinski definition) is 3. The van der Waals surface area contributed by atoms with Crippen LogP contribution in [0, 0.1) is 11.6 Å². The van der Waals surface area contributed by atoms with Gasteiger partial charge in [-0.1, -0.05) is 0 Å². The van der Waals surface area contributed by atoms with E-state index < -0.39 is 17.4 Å². The number of nitrogens with one attached hydrogen (secondary N) is 1. The summed E-state index contributed by atoms with van der Waals surface area (Å²) in [7, 11) is 0. The molecule has 0 spiro atoms. The molecule has 0 unspecified atom stereocenters. The van der Waals surface area contributed by atoms with E-state index >= 15 is 0 Å². The molecular weight excluding hydrogens is 252 g/mol. The average Bonchev–Trinajstić information content (AvgIpc) is 2.34. The van der Waals surface area contributed by atoms with Gasteiger partial charge in [-0.2, -0.15) is 0 Å². The summed E-state index contributed by atoms with van der Waals surface area (Å²) in [4.78, 5) is 0. The molecule has 1 rings (SSSR count). The highest BCUT2D eigenvalue weighted by Crippen LogP contribution is 2.21. The molecule has 0 fully saturated rings. The van der Waals surface area contributed by atoms with Gasteiger partial charge in [0, 0.05) is 13.2 Å². The highest BCUT2D eigenvalue weighted by Gasteiger charge is 2.08. The fraction of sp³-hybridized carbons (Fsp3) is 0.571. The molecule has 0 heterocycles. The molecule has 3 nitrogen and oxygen atoms in total. The van der Waals surface area contributed by atoms with Crippen molar-refractivity contribution in [2.75, 3.05) is 13.2 Å². The Morgan fingerprint density at radius 3 is 2.42 bits per heavy atom. The van der Waals surface area contributed by atoms with E-state index in [0.717, 1.165) is 38.1 Å². The van der Waals surface area contributed by atoms with E-state index in [0.29, 0.717) is 12.1 Å². The summed E-state index contributed by atoms with van der Waals surface area (Å²) in [6.07, 6.45) is 2.13. The van der Waals surface area contributed by atoms with Gasteiger partial charge in [-0.15, -0.1) is 0 Å². The Labute approximate surface area is 112 Å². The average molecular weight is 273 g/mol. The van der Waals surface area contributed by atoms with Gasteiger partial charge in [-0.05, 0) is 50.9 Å². The first kappa shape index (κ1) is 15.9. The van der Waals surface area contributed by atoms with E-state index in [-0.39, 0.29) is 6.10 Å². The lowest BCUT2D eigenvalue weighted by Crippen LogP contribution is -2.16. The minimum Gasteiger partial charge on any atom is -0.503 e. The molecule has 0 atom stereocenters. The second kappa shape index (κ2) is 8.07. The highest BCUT2D eigenvalue weighted by atomic mass is 19.1. The van der Waals surface area contributed by atoms with E-state index in [4.69, 9.17) is 9.84 Å². The number of ether oxygens (including phenoxy) is 1. The van der Waals surface area contributed by atoms with Gasteiger partial charge >= 0.3 is 0 Å². The molecule has 0 bridgehead atoms. The van der Waals surface area contributed by atoms with Gasteiger partial charge in [0.1, 0.15) is 0 Å². The lowest BCUT2D eigenvalue weighted by atomic mass is 10.2. The first-order valence-electron chi connectivity index (χ1n) is 6.50. The quantitative estimate of drug-likeness (QED) is 0.715. The van der Waals surface area contributed by atoms with Gasteiger partial charge in [0.2, 0.25) is 0 Å². The molecular formula is C14H21F2NO2. The minimum absolute atomic E-state index is 0.246. The van der Waals surface area contributed by atoms with Crippen LogP contribution >= 0.6 is 0 Å². The maximum absolute atomic E-state index is 13.1. The monoisotopic (exact) mass is 273 g/mol. The second-order valence-electron chi connectivity index (χ2n) is 4.71. The zero-order valence-electron chi connectivity index (χ0n) is 11.4. The van der Waals surface area contributed by atoms with Gasteiger partial charge in [-0.25, -0.2) is 8.78 Å². The molecule has 1 aromatic carbocycles. The van der Waals surface area contributed by atoms with Crippen LogP contribution in [0.2, 0.25) is 0 Å². The summed E-state index contributed by atoms with van der Waals surface area (Å²) in [5.41, 5.74) is 0.478. The summed E-state index contributed by atoms with van der Waals surface area (Å²) >= 11 is 0. The number of benzene rings is 1. The van der Waals surface area contributed by atoms with Crippen molar-refractivity contribution in [3.8, 4) is 5.75 Å². The number of hydrogen-bond donors (Lipinski definition) is 2. The van der Waals surface area contributed by atoms with E-state index in [2.05, 4.69) is 5.32 Å². The van der Waals surface area contributed by atoms with Crippen molar-refractivity contribution >= 4 is 0 Å². The fourth-order valence-corrected chi connectivity index (χ4v) is 1.62. The molecule has 2 N–H and O–H groups in total. The van der Waals surface area contributed by atoms with Crippen LogP contribution in [-0.4, -0.2) is 24.4 Å². The van der Waals surface area contributed by atoms with Crippen LogP contribution in [0.25, 0.3) is 0 Å². The fourth-order valence-electron chi connectivity index (χ4n) is 1.62. The molecule has 0 radical (unpaired) electrons. The Morgan fingerprint density at radius 1 is 1.21 bits per heavy atom. The van der Waals surface area contributed by atoms with Crippen LogP contribution in [0.5, 0.6) is 5.75 Å². The van der Waals surface area contributed by atoms with Gasteiger partial charge in [0.25, 0.3) is 0 Å². The largest absolute Gasteiger partial charge is 0.503 e. The highest BCUT2D eigenvalue weighted by molar-refractivity contribution is 5.29. The predicted molar refractivity (Wildman–Crippen MR) is 70.1 cm³/mol. The molecule has 0 saturated carbocycles. The molecule has 0 amide bonds. The van der Waals surface area contributed by atoms with E-state index in [1.165, 1.54) is 0 Å². The van der Waals surface area contributed by atoms with Gasteiger partial charge in [-0.3, -0.25) is 0 Å². The Balaban J connectivity index is 2.19. The van der Waals surface area contributed by atoms with Gasteiger partial charge in [0.15, 0.2) is 17.4 Å². The van der Waals surface area contributed by atoms with E-state index in [1.54, 1.807) is 0 Å². The van der Waals surface area contributed by atoms with Crippen molar-refractivity contribution in [1.82, 2.24) is 5.32 Å². The zero-order valence-corrected chi connectivity index (χ0v) is 11.4. The van der Waals surface area contributed by atoms with Crippen LogP contribution in [0.4, 0.5) is 8.78 Å². The first-order chi connectivity index (χ1) is 9.00. The minimum atomic E-state index is -0.929. The lowest BCUT2D eigenvalue weighted by molar-refractivity contribution is 0.0760. The van der Waals surface area contributed by atoms with Crippen LogP contribution < -0.4 is 5.32 Å². The molecule has 0 saturated heterocycles. The Kier molecular flexibility index (Phi) is 6.73. The second-order valence-corrected chi connectivity index (χ2v) is 4.71.